The van der Waals surface area contributed by atoms with Crippen LogP contribution in [0.1, 0.15) is 22.3 Å². The topological polar surface area (TPSA) is 15.8 Å². The normalized spacial score (nSPS) is 13.9. The van der Waals surface area contributed by atoms with Crippen molar-refractivity contribution in [2.75, 3.05) is 0 Å². The highest BCUT2D eigenvalue weighted by Gasteiger charge is 2.53. The van der Waals surface area contributed by atoms with Gasteiger partial charge >= 0.3 is 0 Å². The van der Waals surface area contributed by atoms with E-state index in [0.29, 0.717) is 0 Å². The van der Waals surface area contributed by atoms with E-state index in [1.807, 2.05) is 0 Å². The Morgan fingerprint density at radius 1 is 0.429 bits per heavy atom. The monoisotopic (exact) mass is 531 g/mol. The molecule has 10 rings (SSSR count). The molecule has 1 heterocycles. The fraction of sp³-hybridized carbons (Fsp3) is 0.0244. The Bertz CT molecular complexity index is 2360. The van der Waals surface area contributed by atoms with Gasteiger partial charge in [0, 0.05) is 21.9 Å². The lowest BCUT2D eigenvalue weighted by molar-refractivity contribution is 0.800. The quantitative estimate of drug-likeness (QED) is 0.217. The van der Waals surface area contributed by atoms with Gasteiger partial charge in [-0.1, -0.05) is 133 Å². The van der Waals surface area contributed by atoms with E-state index < -0.39 is 5.41 Å². The summed E-state index contributed by atoms with van der Waals surface area (Å²) in [6.07, 6.45) is 0. The van der Waals surface area contributed by atoms with Gasteiger partial charge in [-0.25, -0.2) is 0 Å². The summed E-state index contributed by atoms with van der Waals surface area (Å²) in [6, 6.07) is 53.9. The first-order chi connectivity index (χ1) is 20.9. The first kappa shape index (κ1) is 22.3. The summed E-state index contributed by atoms with van der Waals surface area (Å²) in [5, 5.41) is 5.22. The molecule has 1 aromatic heterocycles. The van der Waals surface area contributed by atoms with Crippen LogP contribution >= 0.6 is 0 Å². The minimum Gasteiger partial charge on any atom is -0.354 e. The molecule has 1 heteroatoms. The Kier molecular flexibility index (Phi) is 4.18. The number of H-pyrrole nitrogens is 1. The summed E-state index contributed by atoms with van der Waals surface area (Å²) in [6.45, 7) is 0. The van der Waals surface area contributed by atoms with Crippen LogP contribution in [0.2, 0.25) is 0 Å². The second-order valence-electron chi connectivity index (χ2n) is 11.7. The van der Waals surface area contributed by atoms with Crippen molar-refractivity contribution in [2.24, 2.45) is 0 Å². The van der Waals surface area contributed by atoms with Gasteiger partial charge < -0.3 is 4.98 Å². The minimum absolute atomic E-state index is 0.439. The largest absolute Gasteiger partial charge is 0.354 e. The van der Waals surface area contributed by atoms with Crippen LogP contribution in [0.15, 0.2) is 146 Å². The number of para-hydroxylation sites is 1. The number of hydrogen-bond acceptors (Lipinski definition) is 0. The number of rotatable bonds is 1. The number of fused-ring (bicyclic) bond motifs is 17. The molecule has 1 N–H and O–H groups in total. The van der Waals surface area contributed by atoms with Gasteiger partial charge in [0.1, 0.15) is 0 Å². The number of aromatic amines is 1. The van der Waals surface area contributed by atoms with Gasteiger partial charge in [-0.15, -0.1) is 0 Å². The molecule has 194 valence electrons. The van der Waals surface area contributed by atoms with Crippen molar-refractivity contribution in [2.45, 2.75) is 5.41 Å². The number of nitrogens with one attached hydrogen (secondary N) is 1. The van der Waals surface area contributed by atoms with Crippen LogP contribution in [0.25, 0.3) is 66.0 Å². The lowest BCUT2D eigenvalue weighted by atomic mass is 9.69. The number of aromatic nitrogens is 1. The van der Waals surface area contributed by atoms with Crippen molar-refractivity contribution in [3.8, 4) is 33.4 Å². The van der Waals surface area contributed by atoms with Gasteiger partial charge in [0.15, 0.2) is 0 Å². The van der Waals surface area contributed by atoms with Gasteiger partial charge in [-0.05, 0) is 73.0 Å². The first-order valence-electron chi connectivity index (χ1n) is 14.7. The maximum absolute atomic E-state index is 3.96. The standard InChI is InChI=1S/C41H25N/c1-2-12-25(13-3-1)26-22-23-31-35(24-26)41(33-19-9-6-14-27(33)28-15-7-10-20-34(28)41)39-37(31)29-16-4-5-17-30(29)38-32-18-8-11-21-36(32)42-40(38)39/h1-24,42H. The minimum atomic E-state index is -0.439. The molecule has 0 aliphatic heterocycles. The van der Waals surface area contributed by atoms with Crippen molar-refractivity contribution in [1.82, 2.24) is 4.98 Å². The summed E-state index contributed by atoms with van der Waals surface area (Å²) in [4.78, 5) is 3.96. The summed E-state index contributed by atoms with van der Waals surface area (Å²) in [5.41, 5.74) is 15.3. The second kappa shape index (κ2) is 7.87. The van der Waals surface area contributed by atoms with Crippen molar-refractivity contribution < 1.29 is 0 Å². The molecule has 0 amide bonds. The third-order valence-electron chi connectivity index (χ3n) is 9.80. The molecule has 0 saturated heterocycles. The summed E-state index contributed by atoms with van der Waals surface area (Å²) < 4.78 is 0. The maximum atomic E-state index is 3.96. The average molecular weight is 532 g/mol. The van der Waals surface area contributed by atoms with E-state index in [2.05, 4.69) is 151 Å². The van der Waals surface area contributed by atoms with Crippen LogP contribution in [0.3, 0.4) is 0 Å². The first-order valence-corrected chi connectivity index (χ1v) is 14.7. The third kappa shape index (κ3) is 2.56. The SMILES string of the molecule is c1ccc(-c2ccc3c(c2)C2(c4ccccc4-c4ccccc42)c2c-3c3ccccc3c3c2[nH]c2ccccc23)cc1. The van der Waals surface area contributed by atoms with E-state index in [1.165, 1.54) is 88.2 Å². The lowest BCUT2D eigenvalue weighted by Crippen LogP contribution is -2.26. The second-order valence-corrected chi connectivity index (χ2v) is 11.7. The van der Waals surface area contributed by atoms with Gasteiger partial charge in [0.2, 0.25) is 0 Å². The fourth-order valence-corrected chi connectivity index (χ4v) is 8.25. The van der Waals surface area contributed by atoms with Crippen molar-refractivity contribution in [3.63, 3.8) is 0 Å². The Morgan fingerprint density at radius 3 is 1.81 bits per heavy atom. The van der Waals surface area contributed by atoms with E-state index in [4.69, 9.17) is 0 Å². The van der Waals surface area contributed by atoms with Crippen molar-refractivity contribution in [1.29, 1.82) is 0 Å². The Balaban J connectivity index is 1.49. The van der Waals surface area contributed by atoms with Crippen LogP contribution in [0.5, 0.6) is 0 Å². The molecule has 7 aromatic carbocycles. The molecule has 0 bridgehead atoms. The zero-order valence-electron chi connectivity index (χ0n) is 22.9. The molecule has 2 aliphatic rings. The van der Waals surface area contributed by atoms with Crippen LogP contribution in [-0.4, -0.2) is 4.98 Å². The Hall–Kier alpha value is -5.40. The molecule has 0 atom stereocenters. The molecule has 0 radical (unpaired) electrons. The highest BCUT2D eigenvalue weighted by Crippen LogP contribution is 2.65. The fourth-order valence-electron chi connectivity index (χ4n) is 8.25. The van der Waals surface area contributed by atoms with Gasteiger partial charge in [-0.3, -0.25) is 0 Å². The molecule has 0 saturated carbocycles. The molecule has 0 fully saturated rings. The molecule has 2 aliphatic carbocycles. The zero-order valence-corrected chi connectivity index (χ0v) is 22.9. The number of hydrogen-bond donors (Lipinski definition) is 1. The molecule has 0 unspecified atom stereocenters. The van der Waals surface area contributed by atoms with Crippen LogP contribution < -0.4 is 0 Å². The molecule has 1 spiro atoms. The highest BCUT2D eigenvalue weighted by molar-refractivity contribution is 6.27. The molecule has 8 aromatic rings. The van der Waals surface area contributed by atoms with E-state index in [-0.39, 0.29) is 0 Å². The smallest absolute Gasteiger partial charge is 0.0746 e. The Morgan fingerprint density at radius 2 is 1.05 bits per heavy atom. The maximum Gasteiger partial charge on any atom is 0.0746 e. The summed E-state index contributed by atoms with van der Waals surface area (Å²) in [5.74, 6) is 0. The predicted octanol–water partition coefficient (Wildman–Crippen LogP) is 10.5. The molecular weight excluding hydrogens is 506 g/mol. The highest BCUT2D eigenvalue weighted by atomic mass is 14.7. The average Bonchev–Trinajstić information content (AvgIpc) is 3.69. The predicted molar refractivity (Wildman–Crippen MR) is 175 cm³/mol. The van der Waals surface area contributed by atoms with Crippen LogP contribution in [0, 0.1) is 0 Å². The zero-order chi connectivity index (χ0) is 27.4. The molecule has 1 nitrogen and oxygen atoms in total. The van der Waals surface area contributed by atoms with Crippen molar-refractivity contribution in [3.05, 3.63) is 168 Å². The van der Waals surface area contributed by atoms with E-state index in [9.17, 15) is 0 Å². The van der Waals surface area contributed by atoms with Gasteiger partial charge in [0.05, 0.1) is 10.9 Å². The molecule has 42 heavy (non-hydrogen) atoms. The summed E-state index contributed by atoms with van der Waals surface area (Å²) in [7, 11) is 0. The lowest BCUT2D eigenvalue weighted by Gasteiger charge is -2.31. The Labute approximate surface area is 243 Å². The van der Waals surface area contributed by atoms with E-state index in [1.54, 1.807) is 0 Å². The van der Waals surface area contributed by atoms with Gasteiger partial charge in [-0.2, -0.15) is 0 Å². The van der Waals surface area contributed by atoms with Crippen LogP contribution in [-0.2, 0) is 5.41 Å². The van der Waals surface area contributed by atoms with E-state index >= 15 is 0 Å². The van der Waals surface area contributed by atoms with E-state index in [0.717, 1.165) is 0 Å². The third-order valence-corrected chi connectivity index (χ3v) is 9.80. The summed E-state index contributed by atoms with van der Waals surface area (Å²) >= 11 is 0. The molecular formula is C41H25N. The van der Waals surface area contributed by atoms with Crippen molar-refractivity contribution >= 4 is 32.6 Å². The van der Waals surface area contributed by atoms with Gasteiger partial charge in [0.25, 0.3) is 0 Å². The van der Waals surface area contributed by atoms with Crippen LogP contribution in [0.4, 0.5) is 0 Å². The number of benzene rings is 7.